The summed E-state index contributed by atoms with van der Waals surface area (Å²) in [6.45, 7) is 4.77. The maximum Gasteiger partial charge on any atom is 0.253 e. The number of hydrogen-bond donors (Lipinski definition) is 1. The van der Waals surface area contributed by atoms with Crippen molar-refractivity contribution in [3.8, 4) is 0 Å². The summed E-state index contributed by atoms with van der Waals surface area (Å²) in [4.78, 5) is 15.6. The maximum absolute atomic E-state index is 12.7. The number of carbonyl (C=O) groups excluding carboxylic acids is 1. The number of aryl methyl sites for hydroxylation is 1. The molecule has 0 radical (unpaired) electrons. The van der Waals surface area contributed by atoms with Gasteiger partial charge in [0.15, 0.2) is 0 Å². The number of nitrogens with zero attached hydrogens (tertiary/aromatic N) is 3. The molecule has 2 aromatic rings. The molecule has 5 nitrogen and oxygen atoms in total. The van der Waals surface area contributed by atoms with Crippen LogP contribution in [0.25, 0.3) is 0 Å². The molecule has 2 heterocycles. The van der Waals surface area contributed by atoms with Crippen LogP contribution in [0.15, 0.2) is 30.7 Å². The summed E-state index contributed by atoms with van der Waals surface area (Å²) in [7, 11) is 0. The molecule has 1 amide bonds. The van der Waals surface area contributed by atoms with Crippen LogP contribution in [0.5, 0.6) is 0 Å². The van der Waals surface area contributed by atoms with Crippen LogP contribution in [-0.2, 0) is 6.54 Å². The number of rotatable bonds is 5. The smallest absolute Gasteiger partial charge is 0.253 e. The summed E-state index contributed by atoms with van der Waals surface area (Å²) < 4.78 is 14.5. The first kappa shape index (κ1) is 14.2. The fraction of sp³-hybridized carbons (Fsp3) is 0.357. The van der Waals surface area contributed by atoms with Crippen LogP contribution in [-0.4, -0.2) is 20.7 Å². The molecule has 6 heteroatoms. The van der Waals surface area contributed by atoms with Crippen molar-refractivity contribution < 1.29 is 9.18 Å². The van der Waals surface area contributed by atoms with Gasteiger partial charge >= 0.3 is 0 Å². The number of nitrogens with one attached hydrogen (secondary N) is 1. The van der Waals surface area contributed by atoms with E-state index in [9.17, 15) is 9.18 Å². The van der Waals surface area contributed by atoms with E-state index in [2.05, 4.69) is 15.4 Å². The lowest BCUT2D eigenvalue weighted by atomic mass is 10.1. The number of carbonyl (C=O) groups is 1. The van der Waals surface area contributed by atoms with Crippen LogP contribution >= 0.6 is 0 Å². The van der Waals surface area contributed by atoms with Crippen molar-refractivity contribution >= 4 is 5.91 Å². The number of hydrogen-bond acceptors (Lipinski definition) is 3. The van der Waals surface area contributed by atoms with Gasteiger partial charge in [0.25, 0.3) is 5.91 Å². The summed E-state index contributed by atoms with van der Waals surface area (Å²) in [5, 5.41) is 7.10. The van der Waals surface area contributed by atoms with E-state index in [1.165, 1.54) is 18.3 Å². The van der Waals surface area contributed by atoms with E-state index < -0.39 is 5.95 Å². The Morgan fingerprint density at radius 2 is 2.20 bits per heavy atom. The highest BCUT2D eigenvalue weighted by Gasteiger charge is 2.16. The predicted molar refractivity (Wildman–Crippen MR) is 72.6 cm³/mol. The van der Waals surface area contributed by atoms with Crippen molar-refractivity contribution in [1.82, 2.24) is 20.1 Å². The van der Waals surface area contributed by atoms with Gasteiger partial charge in [-0.1, -0.05) is 6.92 Å². The first-order chi connectivity index (χ1) is 9.63. The Hall–Kier alpha value is -2.24. The maximum atomic E-state index is 12.7. The highest BCUT2D eigenvalue weighted by Crippen LogP contribution is 2.16. The van der Waals surface area contributed by atoms with Gasteiger partial charge in [-0.25, -0.2) is 4.98 Å². The summed E-state index contributed by atoms with van der Waals surface area (Å²) in [5.74, 6) is -0.869. The molecule has 0 aromatic carbocycles. The Morgan fingerprint density at radius 1 is 1.40 bits per heavy atom. The number of aromatic nitrogens is 3. The molecular formula is C14H17FN4O. The van der Waals surface area contributed by atoms with Crippen molar-refractivity contribution in [2.24, 2.45) is 0 Å². The molecule has 0 bridgehead atoms. The molecule has 0 aliphatic heterocycles. The minimum absolute atomic E-state index is 0.118. The van der Waals surface area contributed by atoms with Crippen LogP contribution in [0.1, 0.15) is 42.2 Å². The lowest BCUT2D eigenvalue weighted by molar-refractivity contribution is 0.0935. The van der Waals surface area contributed by atoms with Gasteiger partial charge in [-0.05, 0) is 25.5 Å². The van der Waals surface area contributed by atoms with E-state index >= 15 is 0 Å². The monoisotopic (exact) mass is 276 g/mol. The van der Waals surface area contributed by atoms with Crippen molar-refractivity contribution in [2.75, 3.05) is 0 Å². The van der Waals surface area contributed by atoms with E-state index in [1.807, 2.05) is 24.7 Å². The molecule has 0 aliphatic carbocycles. The lowest BCUT2D eigenvalue weighted by Crippen LogP contribution is -2.28. The average Bonchev–Trinajstić information content (AvgIpc) is 2.94. The first-order valence-corrected chi connectivity index (χ1v) is 6.58. The SMILES string of the molecule is CCC(NC(=O)c1ccc(F)nc1)c1cnn(CC)c1. The Labute approximate surface area is 116 Å². The van der Waals surface area contributed by atoms with E-state index in [1.54, 1.807) is 6.20 Å². The van der Waals surface area contributed by atoms with E-state index in [0.717, 1.165) is 18.5 Å². The normalized spacial score (nSPS) is 12.2. The van der Waals surface area contributed by atoms with Crippen molar-refractivity contribution in [1.29, 1.82) is 0 Å². The first-order valence-electron chi connectivity index (χ1n) is 6.58. The average molecular weight is 276 g/mol. The topological polar surface area (TPSA) is 59.8 Å². The molecule has 20 heavy (non-hydrogen) atoms. The predicted octanol–water partition coefficient (Wildman–Crippen LogP) is 2.32. The molecule has 2 aromatic heterocycles. The molecule has 106 valence electrons. The molecule has 0 saturated carbocycles. The van der Waals surface area contributed by atoms with Crippen molar-refractivity contribution in [2.45, 2.75) is 32.9 Å². The zero-order valence-electron chi connectivity index (χ0n) is 11.5. The second-order valence-corrected chi connectivity index (χ2v) is 4.43. The standard InChI is InChI=1S/C14H17FN4O/c1-3-12(11-8-17-19(4-2)9-11)18-14(20)10-5-6-13(15)16-7-10/h5-9,12H,3-4H2,1-2H3,(H,18,20). The fourth-order valence-corrected chi connectivity index (χ4v) is 1.91. The van der Waals surface area contributed by atoms with E-state index in [0.29, 0.717) is 5.56 Å². The minimum atomic E-state index is -0.599. The van der Waals surface area contributed by atoms with Gasteiger partial charge in [0.1, 0.15) is 0 Å². The van der Waals surface area contributed by atoms with Gasteiger partial charge in [-0.15, -0.1) is 0 Å². The molecule has 2 rings (SSSR count). The molecular weight excluding hydrogens is 259 g/mol. The summed E-state index contributed by atoms with van der Waals surface area (Å²) in [6.07, 6.45) is 5.64. The number of halogens is 1. The molecule has 0 saturated heterocycles. The van der Waals surface area contributed by atoms with Crippen LogP contribution in [0, 0.1) is 5.95 Å². The zero-order chi connectivity index (χ0) is 14.5. The Balaban J connectivity index is 2.09. The van der Waals surface area contributed by atoms with Gasteiger partial charge in [0, 0.05) is 24.5 Å². The zero-order valence-corrected chi connectivity index (χ0v) is 11.5. The van der Waals surface area contributed by atoms with E-state index in [-0.39, 0.29) is 11.9 Å². The van der Waals surface area contributed by atoms with Crippen LogP contribution < -0.4 is 5.32 Å². The van der Waals surface area contributed by atoms with Crippen LogP contribution in [0.2, 0.25) is 0 Å². The summed E-state index contributed by atoms with van der Waals surface area (Å²) in [5.41, 5.74) is 1.30. The third kappa shape index (κ3) is 3.20. The second kappa shape index (κ2) is 6.27. The van der Waals surface area contributed by atoms with Crippen LogP contribution in [0.4, 0.5) is 4.39 Å². The Bertz CT molecular complexity index is 579. The molecule has 1 atom stereocenters. The molecule has 0 fully saturated rings. The third-order valence-electron chi connectivity index (χ3n) is 3.08. The molecule has 1 N–H and O–H groups in total. The molecule has 0 aliphatic rings. The highest BCUT2D eigenvalue weighted by atomic mass is 19.1. The van der Waals surface area contributed by atoms with Crippen molar-refractivity contribution in [3.05, 3.63) is 47.8 Å². The summed E-state index contributed by atoms with van der Waals surface area (Å²) >= 11 is 0. The second-order valence-electron chi connectivity index (χ2n) is 4.43. The largest absolute Gasteiger partial charge is 0.345 e. The molecule has 0 spiro atoms. The lowest BCUT2D eigenvalue weighted by Gasteiger charge is -2.15. The quantitative estimate of drug-likeness (QED) is 0.853. The minimum Gasteiger partial charge on any atom is -0.345 e. The highest BCUT2D eigenvalue weighted by molar-refractivity contribution is 5.94. The van der Waals surface area contributed by atoms with Gasteiger partial charge in [-0.2, -0.15) is 9.49 Å². The molecule has 1 unspecified atom stereocenters. The Morgan fingerprint density at radius 3 is 2.75 bits per heavy atom. The fourth-order valence-electron chi connectivity index (χ4n) is 1.91. The van der Waals surface area contributed by atoms with Gasteiger partial charge < -0.3 is 5.32 Å². The van der Waals surface area contributed by atoms with E-state index in [4.69, 9.17) is 0 Å². The van der Waals surface area contributed by atoms with Crippen LogP contribution in [0.3, 0.4) is 0 Å². The van der Waals surface area contributed by atoms with Gasteiger partial charge in [0.2, 0.25) is 5.95 Å². The summed E-state index contributed by atoms with van der Waals surface area (Å²) in [6, 6.07) is 2.47. The van der Waals surface area contributed by atoms with Crippen molar-refractivity contribution in [3.63, 3.8) is 0 Å². The Kier molecular flexibility index (Phi) is 4.45. The van der Waals surface area contributed by atoms with Gasteiger partial charge in [-0.3, -0.25) is 9.48 Å². The van der Waals surface area contributed by atoms with Gasteiger partial charge in [0.05, 0.1) is 17.8 Å². The number of amides is 1. The number of pyridine rings is 1. The third-order valence-corrected chi connectivity index (χ3v) is 3.08.